The number of halogens is 1. The van der Waals surface area contributed by atoms with Crippen LogP contribution in [-0.2, 0) is 6.42 Å². The second kappa shape index (κ2) is 5.95. The van der Waals surface area contributed by atoms with Crippen LogP contribution in [-0.4, -0.2) is 11.1 Å². The Kier molecular flexibility index (Phi) is 4.28. The summed E-state index contributed by atoms with van der Waals surface area (Å²) in [5.74, 6) is 0.134. The number of hydrogen-bond donors (Lipinski definition) is 2. The standard InChI is InChI=1S/C17H20FNO/c1-11-9-17(20)12(2)8-16(11)19-13(3)10-14-6-4-5-7-15(14)18/h4-9,13,19-20H,10H2,1-3H3. The van der Waals surface area contributed by atoms with Crippen molar-refractivity contribution in [1.82, 2.24) is 0 Å². The van der Waals surface area contributed by atoms with E-state index in [0.717, 1.165) is 16.8 Å². The first kappa shape index (κ1) is 14.4. The van der Waals surface area contributed by atoms with E-state index in [0.29, 0.717) is 17.7 Å². The van der Waals surface area contributed by atoms with Gasteiger partial charge in [0.25, 0.3) is 0 Å². The smallest absolute Gasteiger partial charge is 0.126 e. The van der Waals surface area contributed by atoms with E-state index in [2.05, 4.69) is 5.32 Å². The van der Waals surface area contributed by atoms with Gasteiger partial charge in [-0.15, -0.1) is 0 Å². The maximum absolute atomic E-state index is 13.6. The highest BCUT2D eigenvalue weighted by atomic mass is 19.1. The molecule has 0 amide bonds. The van der Waals surface area contributed by atoms with E-state index in [1.165, 1.54) is 6.07 Å². The van der Waals surface area contributed by atoms with Crippen molar-refractivity contribution in [1.29, 1.82) is 0 Å². The molecule has 0 radical (unpaired) electrons. The largest absolute Gasteiger partial charge is 0.508 e. The first-order valence-electron chi connectivity index (χ1n) is 6.77. The van der Waals surface area contributed by atoms with Gasteiger partial charge in [-0.05, 0) is 62.1 Å². The van der Waals surface area contributed by atoms with Gasteiger partial charge in [0.1, 0.15) is 11.6 Å². The number of anilines is 1. The van der Waals surface area contributed by atoms with Gasteiger partial charge in [-0.1, -0.05) is 18.2 Å². The van der Waals surface area contributed by atoms with Crippen LogP contribution >= 0.6 is 0 Å². The number of nitrogens with one attached hydrogen (secondary N) is 1. The van der Waals surface area contributed by atoms with E-state index in [-0.39, 0.29) is 11.9 Å². The van der Waals surface area contributed by atoms with Crippen LogP contribution in [0.25, 0.3) is 0 Å². The van der Waals surface area contributed by atoms with Crippen LogP contribution in [0.1, 0.15) is 23.6 Å². The topological polar surface area (TPSA) is 32.3 Å². The Hall–Kier alpha value is -2.03. The SMILES string of the molecule is Cc1cc(NC(C)Cc2ccccc2F)c(C)cc1O. The third-order valence-corrected chi connectivity index (χ3v) is 3.43. The Morgan fingerprint density at radius 1 is 1.15 bits per heavy atom. The highest BCUT2D eigenvalue weighted by Crippen LogP contribution is 2.25. The lowest BCUT2D eigenvalue weighted by Gasteiger charge is -2.18. The molecule has 3 heteroatoms. The van der Waals surface area contributed by atoms with Gasteiger partial charge in [-0.3, -0.25) is 0 Å². The number of rotatable bonds is 4. The van der Waals surface area contributed by atoms with Crippen LogP contribution in [0.2, 0.25) is 0 Å². The zero-order chi connectivity index (χ0) is 14.7. The van der Waals surface area contributed by atoms with Gasteiger partial charge in [0.15, 0.2) is 0 Å². The molecule has 0 spiro atoms. The highest BCUT2D eigenvalue weighted by Gasteiger charge is 2.10. The van der Waals surface area contributed by atoms with Crippen molar-refractivity contribution >= 4 is 5.69 Å². The number of benzene rings is 2. The quantitative estimate of drug-likeness (QED) is 0.819. The zero-order valence-corrected chi connectivity index (χ0v) is 12.1. The predicted molar refractivity (Wildman–Crippen MR) is 80.8 cm³/mol. The summed E-state index contributed by atoms with van der Waals surface area (Å²) in [7, 11) is 0. The maximum Gasteiger partial charge on any atom is 0.126 e. The van der Waals surface area contributed by atoms with Crippen molar-refractivity contribution < 1.29 is 9.50 Å². The lowest BCUT2D eigenvalue weighted by molar-refractivity contribution is 0.470. The summed E-state index contributed by atoms with van der Waals surface area (Å²) in [5.41, 5.74) is 3.49. The Balaban J connectivity index is 2.11. The van der Waals surface area contributed by atoms with Crippen LogP contribution in [0.4, 0.5) is 10.1 Å². The minimum absolute atomic E-state index is 0.106. The van der Waals surface area contributed by atoms with Crippen molar-refractivity contribution in [3.05, 3.63) is 58.9 Å². The van der Waals surface area contributed by atoms with Crippen LogP contribution in [0, 0.1) is 19.7 Å². The molecule has 0 fully saturated rings. The predicted octanol–water partition coefficient (Wildman–Crippen LogP) is 4.19. The Bertz CT molecular complexity index is 610. The van der Waals surface area contributed by atoms with Crippen molar-refractivity contribution in [3.8, 4) is 5.75 Å². The molecule has 0 heterocycles. The highest BCUT2D eigenvalue weighted by molar-refractivity contribution is 5.57. The molecule has 0 saturated carbocycles. The molecule has 2 aromatic carbocycles. The molecule has 2 rings (SSSR count). The van der Waals surface area contributed by atoms with E-state index in [1.807, 2.05) is 39.0 Å². The van der Waals surface area contributed by atoms with Crippen molar-refractivity contribution in [2.24, 2.45) is 0 Å². The molecular formula is C17H20FNO. The average Bonchev–Trinajstić information content (AvgIpc) is 2.39. The Morgan fingerprint density at radius 3 is 2.55 bits per heavy atom. The summed E-state index contributed by atoms with van der Waals surface area (Å²) >= 11 is 0. The number of aryl methyl sites for hydroxylation is 2. The van der Waals surface area contributed by atoms with Gasteiger partial charge >= 0.3 is 0 Å². The number of hydrogen-bond acceptors (Lipinski definition) is 2. The van der Waals surface area contributed by atoms with Gasteiger partial charge in [0, 0.05) is 11.7 Å². The molecule has 2 N–H and O–H groups in total. The summed E-state index contributed by atoms with van der Waals surface area (Å²) < 4.78 is 13.6. The van der Waals surface area contributed by atoms with Gasteiger partial charge in [-0.2, -0.15) is 0 Å². The molecule has 106 valence electrons. The molecule has 1 unspecified atom stereocenters. The second-order valence-corrected chi connectivity index (χ2v) is 5.29. The van der Waals surface area contributed by atoms with Crippen LogP contribution < -0.4 is 5.32 Å². The number of aromatic hydroxyl groups is 1. The number of phenolic OH excluding ortho intramolecular Hbond substituents is 1. The summed E-state index contributed by atoms with van der Waals surface area (Å²) in [4.78, 5) is 0. The summed E-state index contributed by atoms with van der Waals surface area (Å²) in [5, 5.41) is 13.0. The fourth-order valence-electron chi connectivity index (χ4n) is 2.27. The first-order valence-corrected chi connectivity index (χ1v) is 6.77. The van der Waals surface area contributed by atoms with E-state index in [9.17, 15) is 9.50 Å². The van der Waals surface area contributed by atoms with Crippen molar-refractivity contribution in [2.75, 3.05) is 5.32 Å². The molecule has 2 aromatic rings. The first-order chi connectivity index (χ1) is 9.47. The van der Waals surface area contributed by atoms with Crippen LogP contribution in [0.3, 0.4) is 0 Å². The summed E-state index contributed by atoms with van der Waals surface area (Å²) in [6, 6.07) is 10.6. The van der Waals surface area contributed by atoms with E-state index < -0.39 is 0 Å². The fourth-order valence-corrected chi connectivity index (χ4v) is 2.27. The number of phenols is 1. The lowest BCUT2D eigenvalue weighted by atomic mass is 10.0. The summed E-state index contributed by atoms with van der Waals surface area (Å²) in [6.07, 6.45) is 0.617. The molecule has 0 aliphatic heterocycles. The van der Waals surface area contributed by atoms with Gasteiger partial charge < -0.3 is 10.4 Å². The molecule has 1 atom stereocenters. The maximum atomic E-state index is 13.6. The minimum atomic E-state index is -0.167. The third-order valence-electron chi connectivity index (χ3n) is 3.43. The van der Waals surface area contributed by atoms with Gasteiger partial charge in [-0.25, -0.2) is 4.39 Å². The zero-order valence-electron chi connectivity index (χ0n) is 12.1. The van der Waals surface area contributed by atoms with Gasteiger partial charge in [0.05, 0.1) is 0 Å². The van der Waals surface area contributed by atoms with Crippen molar-refractivity contribution in [3.63, 3.8) is 0 Å². The Morgan fingerprint density at radius 2 is 1.85 bits per heavy atom. The van der Waals surface area contributed by atoms with Crippen LogP contribution in [0.5, 0.6) is 5.75 Å². The third kappa shape index (κ3) is 3.29. The molecule has 0 aliphatic rings. The van der Waals surface area contributed by atoms with E-state index >= 15 is 0 Å². The van der Waals surface area contributed by atoms with E-state index in [4.69, 9.17) is 0 Å². The average molecular weight is 273 g/mol. The normalized spacial score (nSPS) is 12.2. The monoisotopic (exact) mass is 273 g/mol. The molecular weight excluding hydrogens is 253 g/mol. The molecule has 0 aliphatic carbocycles. The van der Waals surface area contributed by atoms with E-state index in [1.54, 1.807) is 12.1 Å². The molecule has 0 aromatic heterocycles. The molecule has 0 bridgehead atoms. The molecule has 20 heavy (non-hydrogen) atoms. The van der Waals surface area contributed by atoms with Gasteiger partial charge in [0.2, 0.25) is 0 Å². The second-order valence-electron chi connectivity index (χ2n) is 5.29. The molecule has 2 nitrogen and oxygen atoms in total. The minimum Gasteiger partial charge on any atom is -0.508 e. The van der Waals surface area contributed by atoms with Crippen LogP contribution in [0.15, 0.2) is 36.4 Å². The van der Waals surface area contributed by atoms with Crippen molar-refractivity contribution in [2.45, 2.75) is 33.2 Å². The molecule has 0 saturated heterocycles. The Labute approximate surface area is 119 Å². The lowest BCUT2D eigenvalue weighted by Crippen LogP contribution is -2.19. The fraction of sp³-hybridized carbons (Fsp3) is 0.294. The summed E-state index contributed by atoms with van der Waals surface area (Å²) in [6.45, 7) is 5.83.